The van der Waals surface area contributed by atoms with Crippen LogP contribution in [0, 0.1) is 5.92 Å². The summed E-state index contributed by atoms with van der Waals surface area (Å²) in [5, 5.41) is 3.05. The average molecular weight is 464 g/mol. The summed E-state index contributed by atoms with van der Waals surface area (Å²) in [6.45, 7) is 8.92. The number of thiophene rings is 1. The molecule has 1 saturated heterocycles. The second-order valence-corrected chi connectivity index (χ2v) is 10.2. The molecule has 6 heteroatoms. The van der Waals surface area contributed by atoms with Gasteiger partial charge in [-0.3, -0.25) is 9.69 Å². The number of ether oxygens (including phenoxy) is 1. The van der Waals surface area contributed by atoms with Crippen LogP contribution in [-0.4, -0.2) is 43.5 Å². The summed E-state index contributed by atoms with van der Waals surface area (Å²) in [6, 6.07) is 7.18. The van der Waals surface area contributed by atoms with E-state index < -0.39 is 0 Å². The number of rotatable bonds is 7. The standard InChI is InChI=1S/C24H27Cl2NO2S/c1-15(2)22(23(28)18-4-3-17(25)14-21(18)26)19-6-12-30-24(19)20-13-16(20)5-7-27-8-10-29-11-9-27/h3-4,6,12,14,16,20H,5,7-11,13H2,1-2H3/t16-,20?/m0/s1. The molecule has 2 atom stereocenters. The first-order valence-corrected chi connectivity index (χ1v) is 12.1. The molecule has 0 radical (unpaired) electrons. The second kappa shape index (κ2) is 9.54. The third kappa shape index (κ3) is 4.84. The Labute approximate surface area is 192 Å². The highest BCUT2D eigenvalue weighted by molar-refractivity contribution is 7.10. The SMILES string of the molecule is CC(C)=C(C(=O)c1ccc(Cl)cc1Cl)c1ccsc1C1C[C@@H]1CCN1CCOCC1. The molecule has 0 bridgehead atoms. The number of morpholine rings is 1. The predicted molar refractivity (Wildman–Crippen MR) is 126 cm³/mol. The van der Waals surface area contributed by atoms with Crippen molar-refractivity contribution in [3.8, 4) is 0 Å². The number of hydrogen-bond donors (Lipinski definition) is 0. The van der Waals surface area contributed by atoms with E-state index in [9.17, 15) is 4.79 Å². The molecule has 2 fully saturated rings. The molecule has 0 spiro atoms. The molecule has 1 aromatic heterocycles. The van der Waals surface area contributed by atoms with Crippen molar-refractivity contribution >= 4 is 45.9 Å². The number of halogens is 2. The molecule has 0 amide bonds. The lowest BCUT2D eigenvalue weighted by Gasteiger charge is -2.26. The summed E-state index contributed by atoms with van der Waals surface area (Å²) in [7, 11) is 0. The molecule has 2 aromatic rings. The maximum absolute atomic E-state index is 13.4. The van der Waals surface area contributed by atoms with Gasteiger partial charge in [-0.1, -0.05) is 28.8 Å². The van der Waals surface area contributed by atoms with Gasteiger partial charge in [-0.05, 0) is 80.3 Å². The number of ketones is 1. The number of allylic oxidation sites excluding steroid dienone is 2. The van der Waals surface area contributed by atoms with Crippen LogP contribution in [0.5, 0.6) is 0 Å². The molecular weight excluding hydrogens is 437 g/mol. The summed E-state index contributed by atoms with van der Waals surface area (Å²) < 4.78 is 5.45. The highest BCUT2D eigenvalue weighted by Gasteiger charge is 2.41. The maximum Gasteiger partial charge on any atom is 0.195 e. The van der Waals surface area contributed by atoms with E-state index >= 15 is 0 Å². The van der Waals surface area contributed by atoms with Crippen molar-refractivity contribution in [2.75, 3.05) is 32.8 Å². The Morgan fingerprint density at radius 3 is 2.63 bits per heavy atom. The Morgan fingerprint density at radius 1 is 1.17 bits per heavy atom. The van der Waals surface area contributed by atoms with Gasteiger partial charge in [0, 0.05) is 34.1 Å². The molecule has 1 aliphatic heterocycles. The minimum absolute atomic E-state index is 0.0261. The van der Waals surface area contributed by atoms with Crippen LogP contribution in [0.25, 0.3) is 5.57 Å². The third-order valence-corrected chi connectivity index (χ3v) is 7.64. The average Bonchev–Trinajstić information content (AvgIpc) is 3.34. The van der Waals surface area contributed by atoms with Gasteiger partial charge < -0.3 is 4.74 Å². The Morgan fingerprint density at radius 2 is 1.93 bits per heavy atom. The molecule has 1 saturated carbocycles. The fourth-order valence-electron chi connectivity index (χ4n) is 4.30. The summed E-state index contributed by atoms with van der Waals surface area (Å²) in [5.74, 6) is 1.24. The Hall–Kier alpha value is -1.17. The molecule has 1 aromatic carbocycles. The quantitative estimate of drug-likeness (QED) is 0.344. The minimum Gasteiger partial charge on any atom is -0.379 e. The van der Waals surface area contributed by atoms with Gasteiger partial charge in [0.2, 0.25) is 0 Å². The first-order valence-electron chi connectivity index (χ1n) is 10.5. The van der Waals surface area contributed by atoms with Crippen molar-refractivity contribution in [2.24, 2.45) is 5.92 Å². The zero-order valence-corrected chi connectivity index (χ0v) is 19.7. The monoisotopic (exact) mass is 463 g/mol. The van der Waals surface area contributed by atoms with Gasteiger partial charge >= 0.3 is 0 Å². The summed E-state index contributed by atoms with van der Waals surface area (Å²) in [5.41, 5.74) is 3.37. The van der Waals surface area contributed by atoms with Crippen LogP contribution in [0.1, 0.15) is 53.4 Å². The molecule has 2 heterocycles. The van der Waals surface area contributed by atoms with Crippen molar-refractivity contribution < 1.29 is 9.53 Å². The van der Waals surface area contributed by atoms with Crippen LogP contribution >= 0.6 is 34.5 Å². The van der Waals surface area contributed by atoms with Crippen LogP contribution in [0.3, 0.4) is 0 Å². The van der Waals surface area contributed by atoms with E-state index in [0.29, 0.717) is 27.4 Å². The van der Waals surface area contributed by atoms with Crippen molar-refractivity contribution in [1.29, 1.82) is 0 Å². The van der Waals surface area contributed by atoms with Crippen LogP contribution in [0.15, 0.2) is 35.2 Å². The highest BCUT2D eigenvalue weighted by atomic mass is 35.5. The van der Waals surface area contributed by atoms with E-state index in [1.54, 1.807) is 29.5 Å². The molecular formula is C24H27Cl2NO2S. The lowest BCUT2D eigenvalue weighted by molar-refractivity contribution is 0.0367. The topological polar surface area (TPSA) is 29.5 Å². The van der Waals surface area contributed by atoms with Crippen molar-refractivity contribution in [1.82, 2.24) is 4.90 Å². The van der Waals surface area contributed by atoms with Gasteiger partial charge in [-0.15, -0.1) is 11.3 Å². The van der Waals surface area contributed by atoms with Crippen LogP contribution in [0.4, 0.5) is 0 Å². The molecule has 160 valence electrons. The van der Waals surface area contributed by atoms with Gasteiger partial charge in [-0.25, -0.2) is 0 Å². The number of carbonyl (C=O) groups is 1. The number of Topliss-reactive ketones (excluding diaryl/α,β-unsaturated/α-hetero) is 1. The lowest BCUT2D eigenvalue weighted by atomic mass is 9.92. The third-order valence-electron chi connectivity index (χ3n) is 6.05. The van der Waals surface area contributed by atoms with E-state index in [0.717, 1.165) is 49.6 Å². The van der Waals surface area contributed by atoms with E-state index in [4.69, 9.17) is 27.9 Å². The van der Waals surface area contributed by atoms with E-state index in [1.807, 2.05) is 13.8 Å². The largest absolute Gasteiger partial charge is 0.379 e. The Balaban J connectivity index is 1.51. The number of carbonyl (C=O) groups excluding carboxylic acids is 1. The van der Waals surface area contributed by atoms with Crippen LogP contribution < -0.4 is 0 Å². The Kier molecular flexibility index (Phi) is 7.01. The van der Waals surface area contributed by atoms with Crippen molar-refractivity contribution in [3.05, 3.63) is 61.3 Å². The maximum atomic E-state index is 13.4. The lowest BCUT2D eigenvalue weighted by Crippen LogP contribution is -2.37. The first-order chi connectivity index (χ1) is 14.5. The molecule has 4 rings (SSSR count). The zero-order chi connectivity index (χ0) is 21.3. The molecule has 2 aliphatic rings. The van der Waals surface area contributed by atoms with Crippen molar-refractivity contribution in [2.45, 2.75) is 32.6 Å². The molecule has 0 N–H and O–H groups in total. The number of nitrogens with zero attached hydrogens (tertiary/aromatic N) is 1. The first kappa shape index (κ1) is 22.0. The summed E-state index contributed by atoms with van der Waals surface area (Å²) >= 11 is 14.1. The summed E-state index contributed by atoms with van der Waals surface area (Å²) in [6.07, 6.45) is 2.42. The summed E-state index contributed by atoms with van der Waals surface area (Å²) in [4.78, 5) is 17.3. The predicted octanol–water partition coefficient (Wildman–Crippen LogP) is 6.56. The number of hydrogen-bond acceptors (Lipinski definition) is 4. The minimum atomic E-state index is -0.0261. The van der Waals surface area contributed by atoms with Crippen molar-refractivity contribution in [3.63, 3.8) is 0 Å². The van der Waals surface area contributed by atoms with Gasteiger partial charge in [0.15, 0.2) is 5.78 Å². The van der Waals surface area contributed by atoms with Crippen LogP contribution in [-0.2, 0) is 4.74 Å². The van der Waals surface area contributed by atoms with Gasteiger partial charge in [0.05, 0.1) is 18.2 Å². The zero-order valence-electron chi connectivity index (χ0n) is 17.4. The fourth-order valence-corrected chi connectivity index (χ4v) is 5.91. The van der Waals surface area contributed by atoms with Crippen LogP contribution in [0.2, 0.25) is 10.0 Å². The molecule has 1 aliphatic carbocycles. The van der Waals surface area contributed by atoms with E-state index in [1.165, 1.54) is 17.7 Å². The Bertz CT molecular complexity index is 958. The van der Waals surface area contributed by atoms with Gasteiger partial charge in [-0.2, -0.15) is 0 Å². The number of benzene rings is 1. The highest BCUT2D eigenvalue weighted by Crippen LogP contribution is 2.53. The fraction of sp³-hybridized carbons (Fsp3) is 0.458. The molecule has 30 heavy (non-hydrogen) atoms. The molecule has 3 nitrogen and oxygen atoms in total. The van der Waals surface area contributed by atoms with E-state index in [2.05, 4.69) is 16.3 Å². The smallest absolute Gasteiger partial charge is 0.195 e. The molecule has 1 unspecified atom stereocenters. The second-order valence-electron chi connectivity index (χ2n) is 8.37. The van der Waals surface area contributed by atoms with E-state index in [-0.39, 0.29) is 5.78 Å². The normalized spacial score (nSPS) is 21.5. The van der Waals surface area contributed by atoms with Gasteiger partial charge in [0.25, 0.3) is 0 Å². The van der Waals surface area contributed by atoms with Gasteiger partial charge in [0.1, 0.15) is 0 Å².